The average Bonchev–Trinajstić information content (AvgIpc) is 2.15. The molecule has 0 spiro atoms. The van der Waals surface area contributed by atoms with E-state index >= 15 is 0 Å². The Bertz CT molecular complexity index is 284. The van der Waals surface area contributed by atoms with Crippen molar-refractivity contribution in [2.24, 2.45) is 17.8 Å². The van der Waals surface area contributed by atoms with Crippen LogP contribution in [0.4, 0.5) is 4.39 Å². The number of carboxylic acids is 1. The van der Waals surface area contributed by atoms with Crippen molar-refractivity contribution in [2.75, 3.05) is 13.6 Å². The molecule has 2 fully saturated rings. The van der Waals surface area contributed by atoms with E-state index in [2.05, 4.69) is 6.92 Å². The molecule has 92 valence electrons. The molecule has 1 aliphatic carbocycles. The minimum Gasteiger partial charge on any atom is -0.480 e. The van der Waals surface area contributed by atoms with Crippen molar-refractivity contribution >= 4 is 5.97 Å². The Balaban J connectivity index is 2.21. The Hall–Kier alpha value is -0.640. The second-order valence-electron chi connectivity index (χ2n) is 5.44. The molecule has 3 nitrogen and oxygen atoms in total. The molecule has 0 aromatic heterocycles. The highest BCUT2D eigenvalue weighted by Crippen LogP contribution is 2.43. The van der Waals surface area contributed by atoms with Gasteiger partial charge in [0.25, 0.3) is 0 Å². The van der Waals surface area contributed by atoms with E-state index in [1.54, 1.807) is 0 Å². The fourth-order valence-corrected chi connectivity index (χ4v) is 3.65. The van der Waals surface area contributed by atoms with Crippen molar-refractivity contribution in [3.05, 3.63) is 0 Å². The normalized spacial score (nSPS) is 45.1. The molecule has 0 amide bonds. The largest absolute Gasteiger partial charge is 0.480 e. The predicted molar refractivity (Wildman–Crippen MR) is 58.9 cm³/mol. The number of aliphatic carboxylic acids is 1. The number of alkyl halides is 1. The number of carbonyl (C=O) groups is 1. The number of likely N-dealkylation sites (tertiary alicyclic amines) is 1. The number of hydrogen-bond donors (Lipinski definition) is 1. The Labute approximate surface area is 95.6 Å². The molecule has 1 N–H and O–H groups in total. The summed E-state index contributed by atoms with van der Waals surface area (Å²) in [6.45, 7) is 2.97. The highest BCUT2D eigenvalue weighted by molar-refractivity contribution is 5.74. The Morgan fingerprint density at radius 2 is 2.06 bits per heavy atom. The monoisotopic (exact) mass is 229 g/mol. The maximum absolute atomic E-state index is 13.4. The molecular weight excluding hydrogens is 209 g/mol. The molecule has 0 radical (unpaired) electrons. The number of piperidine rings is 1. The molecule has 5 atom stereocenters. The fourth-order valence-electron chi connectivity index (χ4n) is 3.65. The standard InChI is InChI=1S/C12H20FNO2/c1-7-6-14(2)11(12(15)16)10-5-8(13)3-4-9(7)10/h7-11H,3-6H2,1-2H3,(H,15,16). The van der Waals surface area contributed by atoms with E-state index < -0.39 is 18.2 Å². The minimum atomic E-state index is -0.804. The molecule has 0 aromatic rings. The molecular formula is C12H20FNO2. The number of likely N-dealkylation sites (N-methyl/N-ethyl adjacent to an activating group) is 1. The summed E-state index contributed by atoms with van der Waals surface area (Å²) < 4.78 is 13.4. The lowest BCUT2D eigenvalue weighted by Gasteiger charge is -2.48. The van der Waals surface area contributed by atoms with Crippen molar-refractivity contribution < 1.29 is 14.3 Å². The number of halogens is 1. The lowest BCUT2D eigenvalue weighted by molar-refractivity contribution is -0.151. The van der Waals surface area contributed by atoms with Crippen molar-refractivity contribution in [1.82, 2.24) is 4.90 Å². The molecule has 0 bridgehead atoms. The van der Waals surface area contributed by atoms with Gasteiger partial charge in [-0.25, -0.2) is 4.39 Å². The number of fused-ring (bicyclic) bond motifs is 1. The van der Waals surface area contributed by atoms with Gasteiger partial charge in [-0.3, -0.25) is 9.69 Å². The average molecular weight is 229 g/mol. The lowest BCUT2D eigenvalue weighted by atomic mass is 9.66. The van der Waals surface area contributed by atoms with Crippen LogP contribution in [-0.4, -0.2) is 41.8 Å². The summed E-state index contributed by atoms with van der Waals surface area (Å²) in [6, 6.07) is -0.486. The summed E-state index contributed by atoms with van der Waals surface area (Å²) in [5.74, 6) is 0.0795. The quantitative estimate of drug-likeness (QED) is 0.745. The van der Waals surface area contributed by atoms with Crippen LogP contribution in [0.15, 0.2) is 0 Å². The van der Waals surface area contributed by atoms with Gasteiger partial charge in [-0.2, -0.15) is 0 Å². The van der Waals surface area contributed by atoms with Gasteiger partial charge in [-0.1, -0.05) is 6.92 Å². The first kappa shape index (κ1) is 11.8. The van der Waals surface area contributed by atoms with Gasteiger partial charge in [0, 0.05) is 6.54 Å². The number of nitrogens with zero attached hydrogens (tertiary/aromatic N) is 1. The lowest BCUT2D eigenvalue weighted by Crippen LogP contribution is -2.56. The van der Waals surface area contributed by atoms with Crippen LogP contribution in [0.2, 0.25) is 0 Å². The van der Waals surface area contributed by atoms with Crippen molar-refractivity contribution in [3.8, 4) is 0 Å². The van der Waals surface area contributed by atoms with Gasteiger partial charge in [0.2, 0.25) is 0 Å². The van der Waals surface area contributed by atoms with Gasteiger partial charge in [0.05, 0.1) is 0 Å². The second-order valence-corrected chi connectivity index (χ2v) is 5.44. The third kappa shape index (κ3) is 1.95. The highest BCUT2D eigenvalue weighted by atomic mass is 19.1. The van der Waals surface area contributed by atoms with Gasteiger partial charge in [-0.05, 0) is 44.1 Å². The maximum atomic E-state index is 13.4. The van der Waals surface area contributed by atoms with E-state index in [0.29, 0.717) is 24.7 Å². The summed E-state index contributed by atoms with van der Waals surface area (Å²) in [7, 11) is 1.84. The molecule has 2 rings (SSSR count). The van der Waals surface area contributed by atoms with Gasteiger partial charge in [0.1, 0.15) is 12.2 Å². The zero-order chi connectivity index (χ0) is 11.9. The molecule has 1 saturated heterocycles. The third-order valence-corrected chi connectivity index (χ3v) is 4.33. The van der Waals surface area contributed by atoms with E-state index in [9.17, 15) is 14.3 Å². The Morgan fingerprint density at radius 3 is 2.69 bits per heavy atom. The Kier molecular flexibility index (Phi) is 3.19. The molecule has 1 aliphatic heterocycles. The molecule has 1 saturated carbocycles. The maximum Gasteiger partial charge on any atom is 0.321 e. The van der Waals surface area contributed by atoms with Crippen molar-refractivity contribution in [2.45, 2.75) is 38.4 Å². The van der Waals surface area contributed by atoms with E-state index in [-0.39, 0.29) is 5.92 Å². The summed E-state index contributed by atoms with van der Waals surface area (Å²) in [5, 5.41) is 9.26. The van der Waals surface area contributed by atoms with E-state index in [4.69, 9.17) is 0 Å². The molecule has 0 aromatic carbocycles. The first-order chi connectivity index (χ1) is 7.50. The van der Waals surface area contributed by atoms with Crippen LogP contribution < -0.4 is 0 Å². The van der Waals surface area contributed by atoms with Gasteiger partial charge < -0.3 is 5.11 Å². The van der Waals surface area contributed by atoms with Gasteiger partial charge in [-0.15, -0.1) is 0 Å². The number of carboxylic acid groups (broad SMARTS) is 1. The molecule has 1 heterocycles. The van der Waals surface area contributed by atoms with E-state index in [1.807, 2.05) is 11.9 Å². The first-order valence-corrected chi connectivity index (χ1v) is 6.07. The van der Waals surface area contributed by atoms with Gasteiger partial charge >= 0.3 is 5.97 Å². The van der Waals surface area contributed by atoms with Crippen LogP contribution in [0.25, 0.3) is 0 Å². The number of rotatable bonds is 1. The topological polar surface area (TPSA) is 40.5 Å². The minimum absolute atomic E-state index is 0.00463. The summed E-state index contributed by atoms with van der Waals surface area (Å²) >= 11 is 0. The predicted octanol–water partition coefficient (Wildman–Crippen LogP) is 1.78. The zero-order valence-corrected chi connectivity index (χ0v) is 9.90. The Morgan fingerprint density at radius 1 is 1.38 bits per heavy atom. The van der Waals surface area contributed by atoms with Crippen molar-refractivity contribution in [1.29, 1.82) is 0 Å². The SMILES string of the molecule is CC1CN(C)C(C(=O)O)C2CC(F)CCC12. The zero-order valence-electron chi connectivity index (χ0n) is 9.90. The van der Waals surface area contributed by atoms with Gasteiger partial charge in [0.15, 0.2) is 0 Å². The molecule has 2 aliphatic rings. The molecule has 4 heteroatoms. The summed E-state index contributed by atoms with van der Waals surface area (Å²) in [6.07, 6.45) is 1.09. The van der Waals surface area contributed by atoms with Crippen LogP contribution in [0, 0.1) is 17.8 Å². The van der Waals surface area contributed by atoms with Crippen LogP contribution in [-0.2, 0) is 4.79 Å². The summed E-state index contributed by atoms with van der Waals surface area (Å²) in [5.41, 5.74) is 0. The smallest absolute Gasteiger partial charge is 0.321 e. The fraction of sp³-hybridized carbons (Fsp3) is 0.917. The van der Waals surface area contributed by atoms with Crippen LogP contribution in [0.3, 0.4) is 0 Å². The van der Waals surface area contributed by atoms with Crippen LogP contribution in [0.1, 0.15) is 26.2 Å². The number of hydrogen-bond acceptors (Lipinski definition) is 2. The van der Waals surface area contributed by atoms with Crippen LogP contribution >= 0.6 is 0 Å². The molecule has 16 heavy (non-hydrogen) atoms. The first-order valence-electron chi connectivity index (χ1n) is 6.07. The molecule has 5 unspecified atom stereocenters. The second kappa shape index (κ2) is 4.32. The van der Waals surface area contributed by atoms with Crippen molar-refractivity contribution in [3.63, 3.8) is 0 Å². The van der Waals surface area contributed by atoms with Crippen LogP contribution in [0.5, 0.6) is 0 Å². The van der Waals surface area contributed by atoms with E-state index in [1.165, 1.54) is 0 Å². The third-order valence-electron chi connectivity index (χ3n) is 4.33. The van der Waals surface area contributed by atoms with E-state index in [0.717, 1.165) is 13.0 Å². The highest BCUT2D eigenvalue weighted by Gasteiger charge is 2.46. The summed E-state index contributed by atoms with van der Waals surface area (Å²) in [4.78, 5) is 13.2.